The van der Waals surface area contributed by atoms with Gasteiger partial charge >= 0.3 is 5.97 Å². The van der Waals surface area contributed by atoms with Gasteiger partial charge in [0.2, 0.25) is 0 Å². The van der Waals surface area contributed by atoms with E-state index in [1.807, 2.05) is 63.2 Å². The molecule has 2 rings (SSSR count). The van der Waals surface area contributed by atoms with E-state index in [0.717, 1.165) is 28.1 Å². The van der Waals surface area contributed by atoms with E-state index in [9.17, 15) is 9.59 Å². The van der Waals surface area contributed by atoms with Gasteiger partial charge in [-0.05, 0) is 55.7 Å². The molecule has 1 N–H and O–H groups in total. The van der Waals surface area contributed by atoms with Crippen molar-refractivity contribution in [2.45, 2.75) is 20.8 Å². The molecule has 0 heterocycles. The molecule has 0 aliphatic rings. The van der Waals surface area contributed by atoms with Gasteiger partial charge in [-0.15, -0.1) is 0 Å². The molecule has 0 saturated carbocycles. The van der Waals surface area contributed by atoms with Crippen molar-refractivity contribution >= 4 is 23.6 Å². The highest BCUT2D eigenvalue weighted by Crippen LogP contribution is 2.19. The van der Waals surface area contributed by atoms with Gasteiger partial charge < -0.3 is 14.8 Å². The van der Waals surface area contributed by atoms with Gasteiger partial charge in [-0.2, -0.15) is 0 Å². The fraction of sp³-hybridized carbons (Fsp3) is 0.238. The van der Waals surface area contributed by atoms with Crippen molar-refractivity contribution in [2.24, 2.45) is 0 Å². The van der Waals surface area contributed by atoms with Crippen molar-refractivity contribution in [2.75, 3.05) is 18.5 Å². The highest BCUT2D eigenvalue weighted by Gasteiger charge is 2.09. The summed E-state index contributed by atoms with van der Waals surface area (Å²) in [5.41, 5.74) is 3.50. The maximum absolute atomic E-state index is 12.0. The molecule has 0 fully saturated rings. The zero-order chi connectivity index (χ0) is 18.9. The number of esters is 1. The van der Waals surface area contributed by atoms with Crippen molar-refractivity contribution in [3.63, 3.8) is 0 Å². The first-order chi connectivity index (χ1) is 12.5. The molecular formula is C21H23NO4. The van der Waals surface area contributed by atoms with Gasteiger partial charge in [0.05, 0.1) is 6.61 Å². The highest BCUT2D eigenvalue weighted by molar-refractivity contribution is 5.95. The molecule has 5 heteroatoms. The van der Waals surface area contributed by atoms with Crippen molar-refractivity contribution in [1.82, 2.24) is 0 Å². The summed E-state index contributed by atoms with van der Waals surface area (Å²) in [4.78, 5) is 23.7. The van der Waals surface area contributed by atoms with Crippen LogP contribution in [-0.2, 0) is 14.3 Å². The Kier molecular flexibility index (Phi) is 6.97. The molecule has 5 nitrogen and oxygen atoms in total. The molecule has 0 unspecified atom stereocenters. The number of carbonyl (C=O) groups excluding carboxylic acids is 2. The van der Waals surface area contributed by atoms with E-state index in [1.54, 1.807) is 6.08 Å². The molecule has 0 radical (unpaired) electrons. The van der Waals surface area contributed by atoms with Crippen LogP contribution in [0.25, 0.3) is 6.08 Å². The predicted octanol–water partition coefficient (Wildman–Crippen LogP) is 3.90. The van der Waals surface area contributed by atoms with Gasteiger partial charge in [-0.1, -0.05) is 30.3 Å². The van der Waals surface area contributed by atoms with Crippen LogP contribution in [0.1, 0.15) is 23.6 Å². The molecule has 0 aromatic heterocycles. The summed E-state index contributed by atoms with van der Waals surface area (Å²) in [5, 5.41) is 2.77. The first kappa shape index (κ1) is 19.2. The zero-order valence-corrected chi connectivity index (χ0v) is 15.2. The average molecular weight is 353 g/mol. The Morgan fingerprint density at radius 1 is 1.04 bits per heavy atom. The zero-order valence-electron chi connectivity index (χ0n) is 15.2. The molecule has 136 valence electrons. The first-order valence-corrected chi connectivity index (χ1v) is 8.43. The van der Waals surface area contributed by atoms with Crippen LogP contribution in [0.5, 0.6) is 5.75 Å². The smallest absolute Gasteiger partial charge is 0.331 e. The molecule has 2 aromatic carbocycles. The van der Waals surface area contributed by atoms with Crippen LogP contribution in [0.4, 0.5) is 5.69 Å². The van der Waals surface area contributed by atoms with Gasteiger partial charge in [0.25, 0.3) is 5.91 Å². The molecule has 0 atom stereocenters. The maximum atomic E-state index is 12.0. The summed E-state index contributed by atoms with van der Waals surface area (Å²) < 4.78 is 10.3. The number of hydrogen-bond acceptors (Lipinski definition) is 4. The van der Waals surface area contributed by atoms with Gasteiger partial charge in [0, 0.05) is 11.8 Å². The van der Waals surface area contributed by atoms with E-state index in [2.05, 4.69) is 5.32 Å². The summed E-state index contributed by atoms with van der Waals surface area (Å²) >= 11 is 0. The first-order valence-electron chi connectivity index (χ1n) is 8.43. The van der Waals surface area contributed by atoms with E-state index in [1.165, 1.54) is 6.08 Å². The lowest BCUT2D eigenvalue weighted by Gasteiger charge is -2.11. The fourth-order valence-corrected chi connectivity index (χ4v) is 2.38. The number of amides is 1. The maximum Gasteiger partial charge on any atom is 0.331 e. The topological polar surface area (TPSA) is 64.6 Å². The molecule has 0 aliphatic heterocycles. The third-order valence-electron chi connectivity index (χ3n) is 3.69. The normalized spacial score (nSPS) is 10.6. The number of benzene rings is 2. The minimum atomic E-state index is -0.574. The van der Waals surface area contributed by atoms with Gasteiger partial charge in [-0.3, -0.25) is 4.79 Å². The summed E-state index contributed by atoms with van der Waals surface area (Å²) in [5.74, 6) is -0.170. The number of rotatable bonds is 7. The van der Waals surface area contributed by atoms with Crippen LogP contribution in [0.15, 0.2) is 48.5 Å². The monoisotopic (exact) mass is 353 g/mol. The Hall–Kier alpha value is -3.08. The quantitative estimate of drug-likeness (QED) is 0.606. The van der Waals surface area contributed by atoms with E-state index < -0.39 is 5.97 Å². The molecule has 0 bridgehead atoms. The van der Waals surface area contributed by atoms with E-state index in [4.69, 9.17) is 9.47 Å². The second-order valence-corrected chi connectivity index (χ2v) is 5.76. The standard InChI is InChI=1S/C21H23NO4/c1-4-25-18-11-8-17(9-12-18)10-13-20(24)26-14-19(23)22-21-15(2)6-5-7-16(21)3/h5-13H,4,14H2,1-3H3,(H,22,23). The molecule has 26 heavy (non-hydrogen) atoms. The van der Waals surface area contributed by atoms with Gasteiger partial charge in [0.1, 0.15) is 5.75 Å². The minimum Gasteiger partial charge on any atom is -0.494 e. The van der Waals surface area contributed by atoms with Crippen LogP contribution in [0.3, 0.4) is 0 Å². The van der Waals surface area contributed by atoms with Crippen molar-refractivity contribution in [3.05, 3.63) is 65.2 Å². The van der Waals surface area contributed by atoms with Crippen molar-refractivity contribution in [1.29, 1.82) is 0 Å². The Bertz CT molecular complexity index is 774. The number of aryl methyl sites for hydroxylation is 2. The number of carbonyl (C=O) groups is 2. The Morgan fingerprint density at radius 2 is 1.69 bits per heavy atom. The predicted molar refractivity (Wildman–Crippen MR) is 102 cm³/mol. The molecule has 1 amide bonds. The molecule has 2 aromatic rings. The molecule has 0 saturated heterocycles. The van der Waals surface area contributed by atoms with Crippen LogP contribution in [0, 0.1) is 13.8 Å². The van der Waals surface area contributed by atoms with Crippen LogP contribution >= 0.6 is 0 Å². The molecule has 0 spiro atoms. The molecule has 0 aliphatic carbocycles. The minimum absolute atomic E-state index is 0.333. The number of ether oxygens (including phenoxy) is 2. The third kappa shape index (κ3) is 5.77. The summed E-state index contributed by atoms with van der Waals surface area (Å²) in [7, 11) is 0. The Morgan fingerprint density at radius 3 is 2.31 bits per heavy atom. The number of nitrogens with one attached hydrogen (secondary N) is 1. The number of anilines is 1. The Labute approximate surface area is 153 Å². The Balaban J connectivity index is 1.83. The highest BCUT2D eigenvalue weighted by atomic mass is 16.5. The van der Waals surface area contributed by atoms with Crippen LogP contribution < -0.4 is 10.1 Å². The summed E-state index contributed by atoms with van der Waals surface area (Å²) in [6.45, 7) is 6.01. The van der Waals surface area contributed by atoms with E-state index >= 15 is 0 Å². The number of para-hydroxylation sites is 1. The lowest BCUT2D eigenvalue weighted by atomic mass is 10.1. The lowest BCUT2D eigenvalue weighted by Crippen LogP contribution is -2.21. The van der Waals surface area contributed by atoms with Gasteiger partial charge in [-0.25, -0.2) is 4.79 Å². The summed E-state index contributed by atoms with van der Waals surface area (Å²) in [6.07, 6.45) is 2.92. The van der Waals surface area contributed by atoms with Gasteiger partial charge in [0.15, 0.2) is 6.61 Å². The van der Waals surface area contributed by atoms with Crippen molar-refractivity contribution in [3.8, 4) is 5.75 Å². The average Bonchev–Trinajstić information content (AvgIpc) is 2.63. The summed E-state index contributed by atoms with van der Waals surface area (Å²) in [6, 6.07) is 13.1. The fourth-order valence-electron chi connectivity index (χ4n) is 2.38. The molecular weight excluding hydrogens is 330 g/mol. The van der Waals surface area contributed by atoms with Crippen molar-refractivity contribution < 1.29 is 19.1 Å². The number of hydrogen-bond donors (Lipinski definition) is 1. The van der Waals surface area contributed by atoms with E-state index in [-0.39, 0.29) is 12.5 Å². The lowest BCUT2D eigenvalue weighted by molar-refractivity contribution is -0.142. The second kappa shape index (κ2) is 9.42. The van der Waals surface area contributed by atoms with E-state index in [0.29, 0.717) is 6.61 Å². The van der Waals surface area contributed by atoms with Crippen LogP contribution in [-0.4, -0.2) is 25.1 Å². The van der Waals surface area contributed by atoms with Crippen LogP contribution in [0.2, 0.25) is 0 Å². The second-order valence-electron chi connectivity index (χ2n) is 5.76. The third-order valence-corrected chi connectivity index (χ3v) is 3.69. The largest absolute Gasteiger partial charge is 0.494 e. The SMILES string of the molecule is CCOc1ccc(C=CC(=O)OCC(=O)Nc2c(C)cccc2C)cc1.